The van der Waals surface area contributed by atoms with Gasteiger partial charge in [0.05, 0.1) is 4.92 Å². The lowest BCUT2D eigenvalue weighted by Crippen LogP contribution is -2.48. The van der Waals surface area contributed by atoms with E-state index in [4.69, 9.17) is 0 Å². The molecule has 0 aliphatic carbocycles. The van der Waals surface area contributed by atoms with Gasteiger partial charge in [-0.05, 0) is 61.6 Å². The minimum Gasteiger partial charge on any atom is -0.368 e. The van der Waals surface area contributed by atoms with Gasteiger partial charge in [0.15, 0.2) is 0 Å². The molecule has 2 heterocycles. The number of piperazine rings is 1. The Morgan fingerprint density at radius 1 is 0.972 bits per heavy atom. The second-order valence-electron chi connectivity index (χ2n) is 9.75. The highest BCUT2D eigenvalue weighted by molar-refractivity contribution is 6.05. The van der Waals surface area contributed by atoms with E-state index in [-0.39, 0.29) is 23.1 Å². The molecule has 192 valence electrons. The zero-order chi connectivity index (χ0) is 25.7. The highest BCUT2D eigenvalue weighted by atomic mass is 16.6. The molecule has 0 spiro atoms. The molecule has 1 N–H and O–H groups in total. The van der Waals surface area contributed by atoms with Crippen molar-refractivity contribution in [3.63, 3.8) is 0 Å². The maximum Gasteiger partial charge on any atom is 0.293 e. The number of piperidine rings is 1. The van der Waals surface area contributed by atoms with Crippen molar-refractivity contribution in [2.75, 3.05) is 54.4 Å². The van der Waals surface area contributed by atoms with E-state index in [2.05, 4.69) is 17.1 Å². The Bertz CT molecular complexity index is 1090. The van der Waals surface area contributed by atoms with Crippen molar-refractivity contribution >= 4 is 34.6 Å². The number of nitro groups is 1. The molecule has 0 atom stereocenters. The Hall–Kier alpha value is -3.62. The molecule has 2 saturated heterocycles. The highest BCUT2D eigenvalue weighted by Gasteiger charge is 2.25. The number of benzene rings is 2. The molecule has 2 amide bonds. The summed E-state index contributed by atoms with van der Waals surface area (Å²) in [6.45, 7) is 8.74. The quantitative estimate of drug-likeness (QED) is 0.449. The summed E-state index contributed by atoms with van der Waals surface area (Å²) in [6.07, 6.45) is 3.46. The predicted molar refractivity (Wildman–Crippen MR) is 142 cm³/mol. The molecule has 0 saturated carbocycles. The molecule has 9 nitrogen and oxygen atoms in total. The average Bonchev–Trinajstić information content (AvgIpc) is 2.89. The fourth-order valence-corrected chi connectivity index (χ4v) is 4.87. The van der Waals surface area contributed by atoms with Gasteiger partial charge in [0.25, 0.3) is 11.6 Å². The number of amides is 2. The first-order valence-electron chi connectivity index (χ1n) is 12.8. The Morgan fingerprint density at radius 2 is 1.64 bits per heavy atom. The van der Waals surface area contributed by atoms with Crippen molar-refractivity contribution in [3.8, 4) is 0 Å². The van der Waals surface area contributed by atoms with Crippen molar-refractivity contribution in [2.24, 2.45) is 5.92 Å². The third-order valence-corrected chi connectivity index (χ3v) is 7.15. The van der Waals surface area contributed by atoms with Gasteiger partial charge in [0, 0.05) is 68.7 Å². The van der Waals surface area contributed by atoms with E-state index >= 15 is 0 Å². The van der Waals surface area contributed by atoms with E-state index < -0.39 is 4.92 Å². The second kappa shape index (κ2) is 11.4. The summed E-state index contributed by atoms with van der Waals surface area (Å²) in [5.41, 5.74) is 2.45. The third-order valence-electron chi connectivity index (χ3n) is 7.15. The summed E-state index contributed by atoms with van der Waals surface area (Å²) in [6, 6.07) is 12.3. The third kappa shape index (κ3) is 5.95. The van der Waals surface area contributed by atoms with Crippen molar-refractivity contribution in [1.29, 1.82) is 0 Å². The number of anilines is 3. The van der Waals surface area contributed by atoms with Gasteiger partial charge < -0.3 is 20.0 Å². The highest BCUT2D eigenvalue weighted by Crippen LogP contribution is 2.32. The van der Waals surface area contributed by atoms with E-state index in [1.54, 1.807) is 12.1 Å². The lowest BCUT2D eigenvalue weighted by Gasteiger charge is -2.36. The molecule has 9 heteroatoms. The minimum atomic E-state index is -0.408. The van der Waals surface area contributed by atoms with Gasteiger partial charge >= 0.3 is 0 Å². The fraction of sp³-hybridized carbons (Fsp3) is 0.481. The summed E-state index contributed by atoms with van der Waals surface area (Å²) in [4.78, 5) is 42.5. The molecule has 4 rings (SSSR count). The maximum atomic E-state index is 12.9. The van der Waals surface area contributed by atoms with Crippen LogP contribution in [0.25, 0.3) is 0 Å². The van der Waals surface area contributed by atoms with Crippen LogP contribution in [0, 0.1) is 16.0 Å². The Kier molecular flexibility index (Phi) is 8.07. The van der Waals surface area contributed by atoms with Crippen LogP contribution in [-0.4, -0.2) is 60.9 Å². The molecule has 0 bridgehead atoms. The molecule has 36 heavy (non-hydrogen) atoms. The molecular formula is C27H35N5O4. The first-order chi connectivity index (χ1) is 17.4. The standard InChI is InChI=1S/C27H35N5O4/c1-3-4-26(33)31-17-15-29(16-18-31)23-8-6-22(7-9-23)28-27(34)21-5-10-24(25(19-21)32(35)36)30-13-11-20(2)12-14-30/h5-10,19-20H,3-4,11-18H2,1-2H3,(H,28,34). The number of nitro benzene ring substituents is 1. The average molecular weight is 494 g/mol. The van der Waals surface area contributed by atoms with E-state index in [0.717, 1.165) is 51.1 Å². The molecule has 0 radical (unpaired) electrons. The summed E-state index contributed by atoms with van der Waals surface area (Å²) in [5.74, 6) is 0.457. The normalized spacial score (nSPS) is 16.7. The number of nitrogens with zero attached hydrogens (tertiary/aromatic N) is 4. The summed E-state index contributed by atoms with van der Waals surface area (Å²) in [7, 11) is 0. The molecule has 0 aromatic heterocycles. The maximum absolute atomic E-state index is 12.9. The summed E-state index contributed by atoms with van der Waals surface area (Å²) >= 11 is 0. The van der Waals surface area contributed by atoms with E-state index in [1.807, 2.05) is 41.0 Å². The van der Waals surface area contributed by atoms with Gasteiger partial charge in [-0.15, -0.1) is 0 Å². The van der Waals surface area contributed by atoms with Crippen LogP contribution in [0.4, 0.5) is 22.7 Å². The lowest BCUT2D eigenvalue weighted by atomic mass is 9.98. The molecule has 0 unspecified atom stereocenters. The fourth-order valence-electron chi connectivity index (χ4n) is 4.87. The number of hydrogen-bond donors (Lipinski definition) is 1. The summed E-state index contributed by atoms with van der Waals surface area (Å²) in [5, 5.41) is 14.6. The van der Waals surface area contributed by atoms with Crippen molar-refractivity contribution < 1.29 is 14.5 Å². The van der Waals surface area contributed by atoms with Gasteiger partial charge in [-0.25, -0.2) is 0 Å². The zero-order valence-corrected chi connectivity index (χ0v) is 21.1. The van der Waals surface area contributed by atoms with Crippen LogP contribution in [0.15, 0.2) is 42.5 Å². The lowest BCUT2D eigenvalue weighted by molar-refractivity contribution is -0.384. The molecule has 2 fully saturated rings. The Labute approximate surface area is 212 Å². The summed E-state index contributed by atoms with van der Waals surface area (Å²) < 4.78 is 0. The van der Waals surface area contributed by atoms with Gasteiger partial charge in [0.1, 0.15) is 5.69 Å². The SMILES string of the molecule is CCCC(=O)N1CCN(c2ccc(NC(=O)c3ccc(N4CCC(C)CC4)c([N+](=O)[O-])c3)cc2)CC1. The molecule has 2 aromatic carbocycles. The Morgan fingerprint density at radius 3 is 2.25 bits per heavy atom. The number of carbonyl (C=O) groups excluding carboxylic acids is 2. The van der Waals surface area contributed by atoms with Crippen LogP contribution in [0.2, 0.25) is 0 Å². The van der Waals surface area contributed by atoms with Crippen LogP contribution in [-0.2, 0) is 4.79 Å². The van der Waals surface area contributed by atoms with Crippen LogP contribution in [0.5, 0.6) is 0 Å². The second-order valence-corrected chi connectivity index (χ2v) is 9.75. The monoisotopic (exact) mass is 493 g/mol. The molecule has 2 aliphatic heterocycles. The number of rotatable bonds is 7. The molecule has 2 aromatic rings. The first-order valence-corrected chi connectivity index (χ1v) is 12.8. The van der Waals surface area contributed by atoms with Crippen LogP contribution >= 0.6 is 0 Å². The van der Waals surface area contributed by atoms with Crippen molar-refractivity contribution in [3.05, 3.63) is 58.1 Å². The van der Waals surface area contributed by atoms with Crippen molar-refractivity contribution in [2.45, 2.75) is 39.5 Å². The largest absolute Gasteiger partial charge is 0.368 e. The van der Waals surface area contributed by atoms with Gasteiger partial charge in [-0.1, -0.05) is 13.8 Å². The van der Waals surface area contributed by atoms with E-state index in [0.29, 0.717) is 36.8 Å². The zero-order valence-electron chi connectivity index (χ0n) is 21.1. The van der Waals surface area contributed by atoms with Gasteiger partial charge in [-0.2, -0.15) is 0 Å². The van der Waals surface area contributed by atoms with Gasteiger partial charge in [-0.3, -0.25) is 19.7 Å². The van der Waals surface area contributed by atoms with Crippen LogP contribution < -0.4 is 15.1 Å². The number of hydrogen-bond acceptors (Lipinski definition) is 6. The number of nitrogens with one attached hydrogen (secondary N) is 1. The Balaban J connectivity index is 1.38. The first kappa shape index (κ1) is 25.5. The topological polar surface area (TPSA) is 99.0 Å². The predicted octanol–water partition coefficient (Wildman–Crippen LogP) is 4.53. The van der Waals surface area contributed by atoms with E-state index in [1.165, 1.54) is 6.07 Å². The van der Waals surface area contributed by atoms with Crippen LogP contribution in [0.1, 0.15) is 49.9 Å². The smallest absolute Gasteiger partial charge is 0.293 e. The van der Waals surface area contributed by atoms with Crippen molar-refractivity contribution in [1.82, 2.24) is 4.90 Å². The van der Waals surface area contributed by atoms with Gasteiger partial charge in [0.2, 0.25) is 5.91 Å². The minimum absolute atomic E-state index is 0.0379. The molecular weight excluding hydrogens is 458 g/mol. The van der Waals surface area contributed by atoms with E-state index in [9.17, 15) is 19.7 Å². The molecule has 2 aliphatic rings. The van der Waals surface area contributed by atoms with Crippen LogP contribution in [0.3, 0.4) is 0 Å². The number of carbonyl (C=O) groups is 2.